The number of ether oxygens (including phenoxy) is 1. The second kappa shape index (κ2) is 7.70. The Labute approximate surface area is 132 Å². The lowest BCUT2D eigenvalue weighted by Crippen LogP contribution is -2.33. The van der Waals surface area contributed by atoms with Gasteiger partial charge in [-0.3, -0.25) is 0 Å². The first-order chi connectivity index (χ1) is 10.0. The number of hydrogen-bond donors (Lipinski definition) is 2. The monoisotopic (exact) mass is 329 g/mol. The van der Waals surface area contributed by atoms with Gasteiger partial charge in [-0.25, -0.2) is 5.09 Å². The van der Waals surface area contributed by atoms with Crippen molar-refractivity contribution >= 4 is 18.4 Å². The topological polar surface area (TPSA) is 50.7 Å². The highest BCUT2D eigenvalue weighted by Gasteiger charge is 2.24. The van der Waals surface area contributed by atoms with E-state index >= 15 is 0 Å². The van der Waals surface area contributed by atoms with E-state index in [1.54, 1.807) is 0 Å². The molecule has 1 aliphatic rings. The molecular weight excluding hydrogens is 305 g/mol. The summed E-state index contributed by atoms with van der Waals surface area (Å²) in [6, 6.07) is 6.03. The summed E-state index contributed by atoms with van der Waals surface area (Å²) in [4.78, 5) is 10.4. The molecule has 1 aromatic carbocycles. The van der Waals surface area contributed by atoms with Crippen LogP contribution in [0.5, 0.6) is 5.75 Å². The molecule has 2 atom stereocenters. The minimum atomic E-state index is -3.09. The Balaban J connectivity index is 2.06. The molecular formula is C15H24NO3PS. The van der Waals surface area contributed by atoms with Crippen LogP contribution in [0.4, 0.5) is 0 Å². The SMILES string of the molecule is CCc1ccc(OP(O)(=S)NC2CCCCO2)c(CC)c1. The molecule has 0 aliphatic carbocycles. The highest BCUT2D eigenvalue weighted by atomic mass is 32.5. The highest BCUT2D eigenvalue weighted by molar-refractivity contribution is 8.08. The lowest BCUT2D eigenvalue weighted by molar-refractivity contribution is 0.00739. The molecule has 1 fully saturated rings. The third kappa shape index (κ3) is 5.04. The van der Waals surface area contributed by atoms with Crippen molar-refractivity contribution in [3.63, 3.8) is 0 Å². The first-order valence-electron chi connectivity index (χ1n) is 7.57. The van der Waals surface area contributed by atoms with E-state index in [9.17, 15) is 4.89 Å². The summed E-state index contributed by atoms with van der Waals surface area (Å²) in [5, 5.41) is 2.96. The number of aryl methyl sites for hydroxylation is 2. The van der Waals surface area contributed by atoms with E-state index in [1.807, 2.05) is 12.1 Å². The van der Waals surface area contributed by atoms with E-state index in [0.717, 1.165) is 37.7 Å². The van der Waals surface area contributed by atoms with Crippen molar-refractivity contribution in [1.29, 1.82) is 0 Å². The zero-order valence-corrected chi connectivity index (χ0v) is 14.4. The molecule has 1 aliphatic heterocycles. The van der Waals surface area contributed by atoms with Gasteiger partial charge in [-0.1, -0.05) is 26.0 Å². The molecule has 0 spiro atoms. The molecule has 0 amide bonds. The summed E-state index contributed by atoms with van der Waals surface area (Å²) in [5.74, 6) is 0.670. The third-order valence-corrected chi connectivity index (χ3v) is 5.22. The van der Waals surface area contributed by atoms with Crippen molar-refractivity contribution in [3.05, 3.63) is 29.3 Å². The van der Waals surface area contributed by atoms with Gasteiger partial charge in [-0.05, 0) is 61.1 Å². The maximum Gasteiger partial charge on any atom is 0.312 e. The summed E-state index contributed by atoms with van der Waals surface area (Å²) < 4.78 is 11.3. The summed E-state index contributed by atoms with van der Waals surface area (Å²) in [7, 11) is 0. The summed E-state index contributed by atoms with van der Waals surface area (Å²) in [6.45, 7) is 1.81. The van der Waals surface area contributed by atoms with Crippen LogP contribution in [-0.4, -0.2) is 17.7 Å². The molecule has 2 unspecified atom stereocenters. The zero-order valence-electron chi connectivity index (χ0n) is 12.7. The molecule has 2 rings (SSSR count). The Bertz CT molecular complexity index is 518. The minimum absolute atomic E-state index is 0.199. The summed E-state index contributed by atoms with van der Waals surface area (Å²) in [6.07, 6.45) is 4.63. The molecule has 0 aromatic heterocycles. The van der Waals surface area contributed by atoms with Crippen LogP contribution in [0.1, 0.15) is 44.2 Å². The predicted molar refractivity (Wildman–Crippen MR) is 89.1 cm³/mol. The van der Waals surface area contributed by atoms with Gasteiger partial charge in [-0.2, -0.15) is 0 Å². The van der Waals surface area contributed by atoms with Gasteiger partial charge < -0.3 is 14.2 Å². The van der Waals surface area contributed by atoms with Crippen molar-refractivity contribution in [2.45, 2.75) is 52.2 Å². The van der Waals surface area contributed by atoms with Crippen molar-refractivity contribution in [3.8, 4) is 5.75 Å². The van der Waals surface area contributed by atoms with Crippen LogP contribution < -0.4 is 9.61 Å². The van der Waals surface area contributed by atoms with Crippen LogP contribution in [0.2, 0.25) is 0 Å². The van der Waals surface area contributed by atoms with Gasteiger partial charge in [-0.15, -0.1) is 0 Å². The van der Waals surface area contributed by atoms with E-state index in [1.165, 1.54) is 5.56 Å². The van der Waals surface area contributed by atoms with Crippen molar-refractivity contribution in [1.82, 2.24) is 5.09 Å². The molecule has 6 heteroatoms. The van der Waals surface area contributed by atoms with Gasteiger partial charge in [0, 0.05) is 6.61 Å². The van der Waals surface area contributed by atoms with Crippen LogP contribution in [0.3, 0.4) is 0 Å². The summed E-state index contributed by atoms with van der Waals surface area (Å²) >= 11 is 5.23. The van der Waals surface area contributed by atoms with E-state index in [0.29, 0.717) is 12.4 Å². The van der Waals surface area contributed by atoms with Crippen LogP contribution in [-0.2, 0) is 29.4 Å². The molecule has 2 N–H and O–H groups in total. The van der Waals surface area contributed by atoms with Crippen LogP contribution in [0.25, 0.3) is 0 Å². The normalized spacial score (nSPS) is 21.8. The fourth-order valence-electron chi connectivity index (χ4n) is 2.40. The van der Waals surface area contributed by atoms with E-state index in [2.05, 4.69) is 25.0 Å². The maximum absolute atomic E-state index is 10.4. The second-order valence-electron chi connectivity index (χ2n) is 5.25. The van der Waals surface area contributed by atoms with Gasteiger partial charge in [0.2, 0.25) is 0 Å². The van der Waals surface area contributed by atoms with E-state index < -0.39 is 6.64 Å². The first-order valence-corrected chi connectivity index (χ1v) is 10.2. The Morgan fingerprint density at radius 1 is 1.38 bits per heavy atom. The van der Waals surface area contributed by atoms with Gasteiger partial charge in [0.25, 0.3) is 0 Å². The van der Waals surface area contributed by atoms with Gasteiger partial charge in [0.15, 0.2) is 0 Å². The van der Waals surface area contributed by atoms with Crippen molar-refractivity contribution < 1.29 is 14.2 Å². The van der Waals surface area contributed by atoms with Crippen LogP contribution in [0.15, 0.2) is 18.2 Å². The lowest BCUT2D eigenvalue weighted by Gasteiger charge is -2.28. The maximum atomic E-state index is 10.4. The molecule has 118 valence electrons. The molecule has 1 aromatic rings. The third-order valence-electron chi connectivity index (χ3n) is 3.62. The van der Waals surface area contributed by atoms with Crippen molar-refractivity contribution in [2.24, 2.45) is 0 Å². The first kappa shape index (κ1) is 16.9. The zero-order chi connectivity index (χ0) is 15.3. The molecule has 0 radical (unpaired) electrons. The Morgan fingerprint density at radius 3 is 2.81 bits per heavy atom. The Morgan fingerprint density at radius 2 is 2.19 bits per heavy atom. The van der Waals surface area contributed by atoms with Gasteiger partial charge >= 0.3 is 6.64 Å². The van der Waals surface area contributed by atoms with Gasteiger partial charge in [0.1, 0.15) is 12.0 Å². The second-order valence-corrected chi connectivity index (χ2v) is 8.21. The average Bonchev–Trinajstić information content (AvgIpc) is 2.47. The summed E-state index contributed by atoms with van der Waals surface area (Å²) in [5.41, 5.74) is 2.33. The fourth-order valence-corrected chi connectivity index (χ4v) is 4.06. The average molecular weight is 329 g/mol. The molecule has 1 saturated heterocycles. The molecule has 21 heavy (non-hydrogen) atoms. The number of hydrogen-bond acceptors (Lipinski definition) is 3. The predicted octanol–water partition coefficient (Wildman–Crippen LogP) is 3.52. The smallest absolute Gasteiger partial charge is 0.312 e. The number of rotatable bonds is 6. The van der Waals surface area contributed by atoms with E-state index in [4.69, 9.17) is 21.1 Å². The Kier molecular flexibility index (Phi) is 6.20. The number of benzene rings is 1. The standard InChI is InChI=1S/C15H24NO3PS/c1-3-12-8-9-14(13(4-2)11-12)19-20(17,21)16-15-7-5-6-10-18-15/h8-9,11,15H,3-7,10H2,1-2H3,(H2,16,17,21). The number of nitrogens with one attached hydrogen (secondary N) is 1. The van der Waals surface area contributed by atoms with Gasteiger partial charge in [0.05, 0.1) is 0 Å². The molecule has 0 bridgehead atoms. The quantitative estimate of drug-likeness (QED) is 0.782. The highest BCUT2D eigenvalue weighted by Crippen LogP contribution is 2.41. The minimum Gasteiger partial charge on any atom is -0.433 e. The molecule has 4 nitrogen and oxygen atoms in total. The molecule has 0 saturated carbocycles. The largest absolute Gasteiger partial charge is 0.433 e. The van der Waals surface area contributed by atoms with Crippen molar-refractivity contribution in [2.75, 3.05) is 6.61 Å². The van der Waals surface area contributed by atoms with E-state index in [-0.39, 0.29) is 6.23 Å². The Hall–Kier alpha value is -0.450. The van der Waals surface area contributed by atoms with Crippen LogP contribution >= 0.6 is 6.64 Å². The lowest BCUT2D eigenvalue weighted by atomic mass is 10.1. The fraction of sp³-hybridized carbons (Fsp3) is 0.600. The van der Waals surface area contributed by atoms with Crippen LogP contribution in [0, 0.1) is 0 Å². The molecule has 1 heterocycles.